The summed E-state index contributed by atoms with van der Waals surface area (Å²) in [5, 5.41) is 3.15. The fourth-order valence-corrected chi connectivity index (χ4v) is 1.92. The molecule has 0 amide bonds. The number of halogens is 1. The molecular formula is C10H15BrN2OS. The summed E-state index contributed by atoms with van der Waals surface area (Å²) in [6.07, 6.45) is 0. The molecule has 0 radical (unpaired) electrons. The highest BCUT2D eigenvalue weighted by molar-refractivity contribution is 9.10. The molecule has 1 aromatic rings. The highest BCUT2D eigenvalue weighted by Crippen LogP contribution is 2.15. The van der Waals surface area contributed by atoms with E-state index in [0.717, 1.165) is 16.0 Å². The Morgan fingerprint density at radius 3 is 2.87 bits per heavy atom. The minimum absolute atomic E-state index is 0.674. The fraction of sp³-hybridized carbons (Fsp3) is 0.500. The van der Waals surface area contributed by atoms with Crippen molar-refractivity contribution in [3.8, 4) is 0 Å². The molecule has 0 saturated heterocycles. The maximum atomic E-state index is 11.2. The van der Waals surface area contributed by atoms with Crippen molar-refractivity contribution in [3.63, 3.8) is 0 Å². The van der Waals surface area contributed by atoms with Crippen molar-refractivity contribution < 1.29 is 4.21 Å². The Labute approximate surface area is 101 Å². The van der Waals surface area contributed by atoms with E-state index in [1.54, 1.807) is 0 Å². The van der Waals surface area contributed by atoms with Gasteiger partial charge in [0, 0.05) is 33.3 Å². The molecule has 0 spiro atoms. The van der Waals surface area contributed by atoms with Crippen LogP contribution in [0.3, 0.4) is 0 Å². The zero-order valence-electron chi connectivity index (χ0n) is 8.92. The number of aromatic nitrogens is 1. The molecule has 1 atom stereocenters. The first-order valence-electron chi connectivity index (χ1n) is 4.85. The zero-order chi connectivity index (χ0) is 11.3. The first kappa shape index (κ1) is 12.6. The van der Waals surface area contributed by atoms with Crippen LogP contribution in [0.2, 0.25) is 0 Å². The number of aryl methyl sites for hydroxylation is 1. The van der Waals surface area contributed by atoms with Gasteiger partial charge in [0.25, 0.3) is 0 Å². The molecule has 0 aliphatic rings. The number of nitrogens with zero attached hydrogens (tertiary/aromatic N) is 1. The second kappa shape index (κ2) is 6.23. The highest BCUT2D eigenvalue weighted by atomic mass is 79.9. The molecular weight excluding hydrogens is 276 g/mol. The second-order valence-electron chi connectivity index (χ2n) is 3.12. The van der Waals surface area contributed by atoms with Crippen molar-refractivity contribution in [2.45, 2.75) is 13.8 Å². The standard InChI is InChI=1S/C10H15BrN2OS/c1-3-15(14)7-6-12-10-5-4-9(11)8(2)13-10/h4-5H,3,6-7H2,1-2H3,(H,12,13). The molecule has 0 aliphatic heterocycles. The minimum Gasteiger partial charge on any atom is -0.369 e. The Morgan fingerprint density at radius 1 is 1.53 bits per heavy atom. The third kappa shape index (κ3) is 4.30. The number of hydrogen-bond acceptors (Lipinski definition) is 3. The summed E-state index contributed by atoms with van der Waals surface area (Å²) in [5.41, 5.74) is 0.955. The van der Waals surface area contributed by atoms with Gasteiger partial charge in [-0.25, -0.2) is 4.98 Å². The molecule has 1 N–H and O–H groups in total. The van der Waals surface area contributed by atoms with Gasteiger partial charge >= 0.3 is 0 Å². The first-order chi connectivity index (χ1) is 7.13. The minimum atomic E-state index is -0.710. The molecule has 0 fully saturated rings. The van der Waals surface area contributed by atoms with Gasteiger partial charge < -0.3 is 5.32 Å². The Bertz CT molecular complexity index is 357. The zero-order valence-corrected chi connectivity index (χ0v) is 11.3. The summed E-state index contributed by atoms with van der Waals surface area (Å²) in [7, 11) is -0.710. The van der Waals surface area contributed by atoms with Gasteiger partial charge in [-0.1, -0.05) is 6.92 Å². The Morgan fingerprint density at radius 2 is 2.27 bits per heavy atom. The molecule has 0 aliphatic carbocycles. The van der Waals surface area contributed by atoms with Crippen LogP contribution < -0.4 is 5.32 Å². The molecule has 84 valence electrons. The topological polar surface area (TPSA) is 42.0 Å². The van der Waals surface area contributed by atoms with E-state index in [4.69, 9.17) is 0 Å². The van der Waals surface area contributed by atoms with Gasteiger partial charge in [-0.3, -0.25) is 4.21 Å². The predicted octanol–water partition coefficient (Wildman–Crippen LogP) is 2.33. The van der Waals surface area contributed by atoms with E-state index < -0.39 is 10.8 Å². The Hall–Kier alpha value is -0.420. The molecule has 0 bridgehead atoms. The predicted molar refractivity (Wildman–Crippen MR) is 68.7 cm³/mol. The quantitative estimate of drug-likeness (QED) is 0.905. The van der Waals surface area contributed by atoms with E-state index in [1.807, 2.05) is 26.0 Å². The molecule has 3 nitrogen and oxygen atoms in total. The molecule has 1 rings (SSSR count). The van der Waals surface area contributed by atoms with Gasteiger partial charge in [0.2, 0.25) is 0 Å². The highest BCUT2D eigenvalue weighted by Gasteiger charge is 1.99. The molecule has 1 aromatic heterocycles. The van der Waals surface area contributed by atoms with E-state index in [-0.39, 0.29) is 0 Å². The number of pyridine rings is 1. The van der Waals surface area contributed by atoms with Crippen molar-refractivity contribution in [3.05, 3.63) is 22.3 Å². The van der Waals surface area contributed by atoms with Crippen molar-refractivity contribution in [2.75, 3.05) is 23.4 Å². The van der Waals surface area contributed by atoms with Crippen LogP contribution in [-0.4, -0.2) is 27.2 Å². The van der Waals surface area contributed by atoms with Crippen LogP contribution in [0.15, 0.2) is 16.6 Å². The lowest BCUT2D eigenvalue weighted by Crippen LogP contribution is -2.12. The molecule has 1 heterocycles. The largest absolute Gasteiger partial charge is 0.369 e. The van der Waals surface area contributed by atoms with Gasteiger partial charge in [-0.2, -0.15) is 0 Å². The Balaban J connectivity index is 2.44. The van der Waals surface area contributed by atoms with Crippen LogP contribution in [-0.2, 0) is 10.8 Å². The number of rotatable bonds is 5. The molecule has 0 saturated carbocycles. The lowest BCUT2D eigenvalue weighted by atomic mass is 10.4. The van der Waals surface area contributed by atoms with Gasteiger partial charge in [0.1, 0.15) is 5.82 Å². The lowest BCUT2D eigenvalue weighted by molar-refractivity contribution is 0.684. The molecule has 0 aromatic carbocycles. The smallest absolute Gasteiger partial charge is 0.126 e. The number of anilines is 1. The number of nitrogens with one attached hydrogen (secondary N) is 1. The molecule has 5 heteroatoms. The van der Waals surface area contributed by atoms with E-state index in [2.05, 4.69) is 26.2 Å². The van der Waals surface area contributed by atoms with Crippen LogP contribution >= 0.6 is 15.9 Å². The maximum absolute atomic E-state index is 11.2. The summed E-state index contributed by atoms with van der Waals surface area (Å²) in [6, 6.07) is 3.87. The molecule has 15 heavy (non-hydrogen) atoms. The average Bonchev–Trinajstić information content (AvgIpc) is 2.23. The first-order valence-corrected chi connectivity index (χ1v) is 7.13. The molecule has 1 unspecified atom stereocenters. The SMILES string of the molecule is CCS(=O)CCNc1ccc(Br)c(C)n1. The van der Waals surface area contributed by atoms with Gasteiger partial charge in [-0.15, -0.1) is 0 Å². The van der Waals surface area contributed by atoms with Crippen LogP contribution in [0.25, 0.3) is 0 Å². The summed E-state index contributed by atoms with van der Waals surface area (Å²) >= 11 is 3.39. The van der Waals surface area contributed by atoms with Gasteiger partial charge in [-0.05, 0) is 35.0 Å². The maximum Gasteiger partial charge on any atom is 0.126 e. The van der Waals surface area contributed by atoms with Gasteiger partial charge in [0.15, 0.2) is 0 Å². The van der Waals surface area contributed by atoms with E-state index in [1.165, 1.54) is 0 Å². The third-order valence-electron chi connectivity index (χ3n) is 1.98. The van der Waals surface area contributed by atoms with Crippen LogP contribution in [0, 0.1) is 6.92 Å². The lowest BCUT2D eigenvalue weighted by Gasteiger charge is -2.06. The van der Waals surface area contributed by atoms with E-state index in [0.29, 0.717) is 18.1 Å². The second-order valence-corrected chi connectivity index (χ2v) is 5.84. The third-order valence-corrected chi connectivity index (χ3v) is 4.12. The van der Waals surface area contributed by atoms with Crippen molar-refractivity contribution in [1.29, 1.82) is 0 Å². The normalized spacial score (nSPS) is 12.5. The van der Waals surface area contributed by atoms with E-state index >= 15 is 0 Å². The van der Waals surface area contributed by atoms with Crippen LogP contribution in [0.5, 0.6) is 0 Å². The van der Waals surface area contributed by atoms with Gasteiger partial charge in [0.05, 0.1) is 5.69 Å². The summed E-state index contributed by atoms with van der Waals surface area (Å²) in [4.78, 5) is 4.34. The monoisotopic (exact) mass is 290 g/mol. The van der Waals surface area contributed by atoms with E-state index in [9.17, 15) is 4.21 Å². The van der Waals surface area contributed by atoms with Crippen molar-refractivity contribution in [1.82, 2.24) is 4.98 Å². The summed E-state index contributed by atoms with van der Waals surface area (Å²) in [5.74, 6) is 2.23. The summed E-state index contributed by atoms with van der Waals surface area (Å²) < 4.78 is 12.2. The fourth-order valence-electron chi connectivity index (χ4n) is 1.08. The van der Waals surface area contributed by atoms with Crippen molar-refractivity contribution in [2.24, 2.45) is 0 Å². The summed E-state index contributed by atoms with van der Waals surface area (Å²) in [6.45, 7) is 4.58. The van der Waals surface area contributed by atoms with Crippen LogP contribution in [0.4, 0.5) is 5.82 Å². The Kier molecular flexibility index (Phi) is 5.25. The average molecular weight is 291 g/mol. The number of hydrogen-bond donors (Lipinski definition) is 1. The van der Waals surface area contributed by atoms with Crippen molar-refractivity contribution >= 4 is 32.5 Å². The van der Waals surface area contributed by atoms with Crippen LogP contribution in [0.1, 0.15) is 12.6 Å².